The predicted octanol–water partition coefficient (Wildman–Crippen LogP) is 2.63. The lowest BCUT2D eigenvalue weighted by molar-refractivity contribution is 0.648. The van der Waals surface area contributed by atoms with Crippen molar-refractivity contribution >= 4 is 21.7 Å². The fourth-order valence-corrected chi connectivity index (χ4v) is 1.77. The van der Waals surface area contributed by atoms with Gasteiger partial charge in [-0.05, 0) is 19.3 Å². The Morgan fingerprint density at radius 3 is 2.94 bits per heavy atom. The first-order valence-corrected chi connectivity index (χ1v) is 7.04. The Balaban J connectivity index is 2.59. The van der Waals surface area contributed by atoms with E-state index in [4.69, 9.17) is 0 Å². The van der Waals surface area contributed by atoms with Crippen molar-refractivity contribution in [1.82, 2.24) is 9.55 Å². The summed E-state index contributed by atoms with van der Waals surface area (Å²) in [6.45, 7) is 5.69. The summed E-state index contributed by atoms with van der Waals surface area (Å²) in [5.41, 5.74) is -0.0306. The van der Waals surface area contributed by atoms with Crippen molar-refractivity contribution in [2.24, 2.45) is 0 Å². The number of nitrogens with zero attached hydrogens (tertiary/aromatic N) is 2. The molecule has 1 atom stereocenters. The number of aryl methyl sites for hydroxylation is 1. The Morgan fingerprint density at radius 2 is 2.29 bits per heavy atom. The number of halogens is 1. The number of rotatable bonds is 7. The Bertz CT molecular complexity index is 392. The highest BCUT2D eigenvalue weighted by atomic mass is 79.9. The largest absolute Gasteiger partial charge is 0.365 e. The highest BCUT2D eigenvalue weighted by Gasteiger charge is 2.05. The molecule has 0 bridgehead atoms. The highest BCUT2D eigenvalue weighted by molar-refractivity contribution is 9.09. The van der Waals surface area contributed by atoms with Gasteiger partial charge in [0.25, 0.3) is 5.56 Å². The first-order valence-electron chi connectivity index (χ1n) is 6.12. The second-order valence-corrected chi connectivity index (χ2v) is 5.29. The summed E-state index contributed by atoms with van der Waals surface area (Å²) in [7, 11) is 0. The van der Waals surface area contributed by atoms with Crippen molar-refractivity contribution in [3.63, 3.8) is 0 Å². The molecule has 0 saturated heterocycles. The van der Waals surface area contributed by atoms with Crippen molar-refractivity contribution in [3.8, 4) is 0 Å². The van der Waals surface area contributed by atoms with E-state index in [1.165, 1.54) is 0 Å². The number of anilines is 1. The van der Waals surface area contributed by atoms with Crippen LogP contribution < -0.4 is 10.9 Å². The summed E-state index contributed by atoms with van der Waals surface area (Å²) < 4.78 is 1.70. The number of nitrogens with one attached hydrogen (secondary N) is 1. The monoisotopic (exact) mass is 301 g/mol. The molecule has 96 valence electrons. The van der Waals surface area contributed by atoms with E-state index in [0.717, 1.165) is 32.4 Å². The maximum atomic E-state index is 11.9. The fraction of sp³-hybridized carbons (Fsp3) is 0.667. The molecule has 17 heavy (non-hydrogen) atoms. The van der Waals surface area contributed by atoms with Gasteiger partial charge in [-0.2, -0.15) is 0 Å². The van der Waals surface area contributed by atoms with E-state index in [-0.39, 0.29) is 5.56 Å². The van der Waals surface area contributed by atoms with Crippen molar-refractivity contribution in [1.29, 1.82) is 0 Å². The zero-order chi connectivity index (χ0) is 12.7. The van der Waals surface area contributed by atoms with Crippen molar-refractivity contribution in [2.75, 3.05) is 11.9 Å². The van der Waals surface area contributed by atoms with E-state index < -0.39 is 0 Å². The third-order valence-corrected chi connectivity index (χ3v) is 3.68. The van der Waals surface area contributed by atoms with Crippen LogP contribution in [0.4, 0.5) is 5.82 Å². The number of hydrogen-bond acceptors (Lipinski definition) is 3. The molecule has 1 heterocycles. The molecule has 0 aliphatic heterocycles. The molecule has 1 aromatic heterocycles. The Morgan fingerprint density at radius 1 is 1.53 bits per heavy atom. The highest BCUT2D eigenvalue weighted by Crippen LogP contribution is 2.08. The zero-order valence-electron chi connectivity index (χ0n) is 10.4. The smallest absolute Gasteiger partial charge is 0.293 e. The lowest BCUT2D eigenvalue weighted by Gasteiger charge is -2.09. The van der Waals surface area contributed by atoms with Gasteiger partial charge in [-0.1, -0.05) is 29.8 Å². The quantitative estimate of drug-likeness (QED) is 0.788. The van der Waals surface area contributed by atoms with Gasteiger partial charge in [0, 0.05) is 30.3 Å². The molecule has 0 amide bonds. The van der Waals surface area contributed by atoms with Crippen LogP contribution in [-0.2, 0) is 6.54 Å². The van der Waals surface area contributed by atoms with Crippen LogP contribution in [0.25, 0.3) is 0 Å². The van der Waals surface area contributed by atoms with Crippen LogP contribution in [-0.4, -0.2) is 20.9 Å². The molecule has 4 nitrogen and oxygen atoms in total. The minimum absolute atomic E-state index is 0.0306. The number of hydrogen-bond donors (Lipinski definition) is 1. The van der Waals surface area contributed by atoms with Gasteiger partial charge in [0.15, 0.2) is 5.82 Å². The molecule has 1 rings (SSSR count). The Hall–Kier alpha value is -0.840. The van der Waals surface area contributed by atoms with Crippen molar-refractivity contribution < 1.29 is 0 Å². The van der Waals surface area contributed by atoms with Crippen LogP contribution in [0.1, 0.15) is 33.1 Å². The average molecular weight is 302 g/mol. The summed E-state index contributed by atoms with van der Waals surface area (Å²) in [6, 6.07) is 0. The van der Waals surface area contributed by atoms with E-state index in [1.807, 2.05) is 0 Å². The van der Waals surface area contributed by atoms with E-state index >= 15 is 0 Å². The summed E-state index contributed by atoms with van der Waals surface area (Å²) in [5.74, 6) is 0.455. The van der Waals surface area contributed by atoms with Gasteiger partial charge in [0.05, 0.1) is 0 Å². The van der Waals surface area contributed by atoms with E-state index in [1.54, 1.807) is 17.0 Å². The van der Waals surface area contributed by atoms with E-state index in [0.29, 0.717) is 10.6 Å². The van der Waals surface area contributed by atoms with Gasteiger partial charge >= 0.3 is 0 Å². The van der Waals surface area contributed by atoms with Crippen LogP contribution in [0, 0.1) is 0 Å². The maximum absolute atomic E-state index is 11.9. The molecule has 1 unspecified atom stereocenters. The molecular formula is C12H20BrN3O. The SMILES string of the molecule is CCCn1ccnc(NCCC(Br)CC)c1=O. The van der Waals surface area contributed by atoms with Gasteiger partial charge < -0.3 is 9.88 Å². The Kier molecular flexibility index (Phi) is 6.26. The van der Waals surface area contributed by atoms with Crippen LogP contribution in [0.5, 0.6) is 0 Å². The molecule has 0 saturated carbocycles. The normalized spacial score (nSPS) is 12.4. The molecule has 0 fully saturated rings. The van der Waals surface area contributed by atoms with Gasteiger partial charge in [0.2, 0.25) is 0 Å². The lowest BCUT2D eigenvalue weighted by Crippen LogP contribution is -2.25. The van der Waals surface area contributed by atoms with Crippen LogP contribution in [0.15, 0.2) is 17.2 Å². The molecule has 5 heteroatoms. The Labute approximate surface area is 111 Å². The molecule has 0 aromatic carbocycles. The number of aromatic nitrogens is 2. The van der Waals surface area contributed by atoms with Crippen LogP contribution in [0.3, 0.4) is 0 Å². The summed E-state index contributed by atoms with van der Waals surface area (Å²) in [6.07, 6.45) is 6.42. The van der Waals surface area contributed by atoms with Gasteiger partial charge in [-0.25, -0.2) is 4.98 Å². The first-order chi connectivity index (χ1) is 8.19. The van der Waals surface area contributed by atoms with E-state index in [9.17, 15) is 4.79 Å². The lowest BCUT2D eigenvalue weighted by atomic mass is 10.2. The second-order valence-electron chi connectivity index (χ2n) is 4.00. The van der Waals surface area contributed by atoms with E-state index in [2.05, 4.69) is 40.1 Å². The maximum Gasteiger partial charge on any atom is 0.293 e. The molecule has 1 aromatic rings. The van der Waals surface area contributed by atoms with Gasteiger partial charge in [-0.3, -0.25) is 4.79 Å². The topological polar surface area (TPSA) is 46.9 Å². The predicted molar refractivity (Wildman–Crippen MR) is 74.9 cm³/mol. The standard InChI is InChI=1S/C12H20BrN3O/c1-3-8-16-9-7-15-11(12(16)17)14-6-5-10(13)4-2/h7,9-10H,3-6,8H2,1-2H3,(H,14,15). The summed E-state index contributed by atoms with van der Waals surface area (Å²) >= 11 is 3.56. The molecule has 0 aliphatic carbocycles. The molecule has 0 spiro atoms. The third-order valence-electron chi connectivity index (χ3n) is 2.57. The minimum atomic E-state index is -0.0306. The average Bonchev–Trinajstić information content (AvgIpc) is 2.33. The third kappa shape index (κ3) is 4.50. The molecular weight excluding hydrogens is 282 g/mol. The number of alkyl halides is 1. The van der Waals surface area contributed by atoms with Gasteiger partial charge in [0.1, 0.15) is 0 Å². The van der Waals surface area contributed by atoms with Gasteiger partial charge in [-0.15, -0.1) is 0 Å². The molecule has 1 N–H and O–H groups in total. The second kappa shape index (κ2) is 7.48. The fourth-order valence-electron chi connectivity index (χ4n) is 1.54. The minimum Gasteiger partial charge on any atom is -0.365 e. The zero-order valence-corrected chi connectivity index (χ0v) is 12.0. The summed E-state index contributed by atoms with van der Waals surface area (Å²) in [4.78, 5) is 16.5. The van der Waals surface area contributed by atoms with Crippen molar-refractivity contribution in [3.05, 3.63) is 22.7 Å². The summed E-state index contributed by atoms with van der Waals surface area (Å²) in [5, 5.41) is 3.10. The molecule has 0 radical (unpaired) electrons. The first kappa shape index (κ1) is 14.2. The van der Waals surface area contributed by atoms with Crippen LogP contribution >= 0.6 is 15.9 Å². The van der Waals surface area contributed by atoms with Crippen LogP contribution in [0.2, 0.25) is 0 Å². The van der Waals surface area contributed by atoms with Crippen molar-refractivity contribution in [2.45, 2.75) is 44.5 Å². The molecule has 0 aliphatic rings.